The van der Waals surface area contributed by atoms with Crippen LogP contribution in [-0.4, -0.2) is 29.8 Å². The highest BCUT2D eigenvalue weighted by atomic mass is 16.6. The van der Waals surface area contributed by atoms with Crippen LogP contribution in [0.15, 0.2) is 60.7 Å². The molecule has 0 unspecified atom stereocenters. The summed E-state index contributed by atoms with van der Waals surface area (Å²) < 4.78 is 11.1. The molecule has 5 nitrogen and oxygen atoms in total. The number of hydrogen-bond acceptors (Lipinski definition) is 4. The summed E-state index contributed by atoms with van der Waals surface area (Å²) in [5.74, 6) is -0.413. The molecule has 1 N–H and O–H groups in total. The third-order valence-corrected chi connectivity index (χ3v) is 4.89. The van der Waals surface area contributed by atoms with Crippen molar-refractivity contribution in [2.45, 2.75) is 57.8 Å². The maximum absolute atomic E-state index is 12.5. The van der Waals surface area contributed by atoms with Crippen LogP contribution in [0.3, 0.4) is 0 Å². The molecule has 0 aliphatic carbocycles. The maximum atomic E-state index is 12.5. The number of carbonyl (C=O) groups is 2. The molecule has 0 aromatic heterocycles. The Morgan fingerprint density at radius 2 is 1.66 bits per heavy atom. The van der Waals surface area contributed by atoms with Gasteiger partial charge >= 0.3 is 12.1 Å². The Hall–Kier alpha value is -2.82. The molecule has 0 spiro atoms. The van der Waals surface area contributed by atoms with Crippen LogP contribution in [0, 0.1) is 5.92 Å². The minimum absolute atomic E-state index is 0.206. The average molecular weight is 395 g/mol. The predicted molar refractivity (Wildman–Crippen MR) is 111 cm³/mol. The molecular formula is C24H29NO4. The fourth-order valence-corrected chi connectivity index (χ4v) is 3.58. The highest BCUT2D eigenvalue weighted by Crippen LogP contribution is 2.28. The summed E-state index contributed by atoms with van der Waals surface area (Å²) in [5, 5.41) is 2.93. The average Bonchev–Trinajstić information content (AvgIpc) is 3.02. The third-order valence-electron chi connectivity index (χ3n) is 4.89. The standard InChI is InChI=1S/C24H29NO4/c1-24(2,3)29-23(27)25-20(15-18-12-8-5-9-13-18)21-16-19(22(26)28-21)14-17-10-6-4-7-11-17/h4-13,19-21H,14-16H2,1-3H3,(H,25,27)/t19-,20+,21-/m1/s1. The summed E-state index contributed by atoms with van der Waals surface area (Å²) in [6.07, 6.45) is 0.891. The molecule has 0 bridgehead atoms. The van der Waals surface area contributed by atoms with Gasteiger partial charge in [0.1, 0.15) is 11.7 Å². The van der Waals surface area contributed by atoms with Gasteiger partial charge in [0.05, 0.1) is 12.0 Å². The van der Waals surface area contributed by atoms with E-state index in [2.05, 4.69) is 5.32 Å². The van der Waals surface area contributed by atoms with Crippen molar-refractivity contribution in [1.29, 1.82) is 0 Å². The quantitative estimate of drug-likeness (QED) is 0.741. The van der Waals surface area contributed by atoms with E-state index in [0.29, 0.717) is 19.3 Å². The number of cyclic esters (lactones) is 1. The monoisotopic (exact) mass is 395 g/mol. The van der Waals surface area contributed by atoms with Crippen LogP contribution < -0.4 is 5.32 Å². The number of hydrogen-bond donors (Lipinski definition) is 1. The molecule has 0 saturated carbocycles. The lowest BCUT2D eigenvalue weighted by molar-refractivity contribution is -0.145. The van der Waals surface area contributed by atoms with Gasteiger partial charge < -0.3 is 14.8 Å². The molecule has 3 atom stereocenters. The van der Waals surface area contributed by atoms with Crippen molar-refractivity contribution in [3.63, 3.8) is 0 Å². The van der Waals surface area contributed by atoms with Crippen molar-refractivity contribution in [2.75, 3.05) is 0 Å². The van der Waals surface area contributed by atoms with E-state index in [1.54, 1.807) is 0 Å². The minimum atomic E-state index is -0.594. The Labute approximate surface area is 172 Å². The number of esters is 1. The number of rotatable bonds is 6. The second kappa shape index (κ2) is 9.12. The molecule has 1 fully saturated rings. The fraction of sp³-hybridized carbons (Fsp3) is 0.417. The van der Waals surface area contributed by atoms with Crippen LogP contribution in [0.2, 0.25) is 0 Å². The molecule has 5 heteroatoms. The molecule has 154 valence electrons. The molecule has 1 aliphatic heterocycles. The largest absolute Gasteiger partial charge is 0.460 e. The number of carbonyl (C=O) groups excluding carboxylic acids is 2. The van der Waals surface area contributed by atoms with Crippen molar-refractivity contribution in [3.05, 3.63) is 71.8 Å². The van der Waals surface area contributed by atoms with Gasteiger partial charge in [0.2, 0.25) is 0 Å². The lowest BCUT2D eigenvalue weighted by atomic mass is 9.92. The van der Waals surface area contributed by atoms with Crippen LogP contribution >= 0.6 is 0 Å². The van der Waals surface area contributed by atoms with Gasteiger partial charge in [-0.05, 0) is 44.7 Å². The molecule has 1 heterocycles. The van der Waals surface area contributed by atoms with Gasteiger partial charge in [0, 0.05) is 6.42 Å². The van der Waals surface area contributed by atoms with Crippen molar-refractivity contribution < 1.29 is 19.1 Å². The molecular weight excluding hydrogens is 366 g/mol. The SMILES string of the molecule is CC(C)(C)OC(=O)N[C@@H](Cc1ccccc1)[C@H]1C[C@@H](Cc2ccccc2)C(=O)O1. The summed E-state index contributed by atoms with van der Waals surface area (Å²) >= 11 is 0. The van der Waals surface area contributed by atoms with E-state index in [1.165, 1.54) is 0 Å². The molecule has 1 amide bonds. The topological polar surface area (TPSA) is 64.6 Å². The maximum Gasteiger partial charge on any atom is 0.408 e. The zero-order chi connectivity index (χ0) is 20.9. The van der Waals surface area contributed by atoms with E-state index < -0.39 is 11.7 Å². The van der Waals surface area contributed by atoms with Gasteiger partial charge in [0.15, 0.2) is 0 Å². The zero-order valence-electron chi connectivity index (χ0n) is 17.3. The Bertz CT molecular complexity index is 814. The van der Waals surface area contributed by atoms with Gasteiger partial charge in [-0.3, -0.25) is 4.79 Å². The number of benzene rings is 2. The predicted octanol–water partition coefficient (Wildman–Crippen LogP) is 4.30. The first-order chi connectivity index (χ1) is 13.8. The van der Waals surface area contributed by atoms with Crippen LogP contribution in [0.5, 0.6) is 0 Å². The summed E-state index contributed by atoms with van der Waals surface area (Å²) in [5.41, 5.74) is 1.58. The Morgan fingerprint density at radius 1 is 1.07 bits per heavy atom. The lowest BCUT2D eigenvalue weighted by Crippen LogP contribution is -2.46. The van der Waals surface area contributed by atoms with Crippen molar-refractivity contribution in [3.8, 4) is 0 Å². The van der Waals surface area contributed by atoms with Gasteiger partial charge in [-0.1, -0.05) is 60.7 Å². The second-order valence-corrected chi connectivity index (χ2v) is 8.54. The van der Waals surface area contributed by atoms with Crippen LogP contribution in [0.25, 0.3) is 0 Å². The van der Waals surface area contributed by atoms with Gasteiger partial charge in [-0.25, -0.2) is 4.79 Å². The molecule has 1 aliphatic rings. The summed E-state index contributed by atoms with van der Waals surface area (Å²) in [4.78, 5) is 24.9. The first-order valence-electron chi connectivity index (χ1n) is 10.1. The van der Waals surface area contributed by atoms with Crippen molar-refractivity contribution in [2.24, 2.45) is 5.92 Å². The molecule has 29 heavy (non-hydrogen) atoms. The van der Waals surface area contributed by atoms with Crippen LogP contribution in [0.4, 0.5) is 4.79 Å². The van der Waals surface area contributed by atoms with E-state index in [1.807, 2.05) is 81.4 Å². The van der Waals surface area contributed by atoms with E-state index in [4.69, 9.17) is 9.47 Å². The number of ether oxygens (including phenoxy) is 2. The Morgan fingerprint density at radius 3 is 2.24 bits per heavy atom. The van der Waals surface area contributed by atoms with Gasteiger partial charge in [-0.2, -0.15) is 0 Å². The first-order valence-corrected chi connectivity index (χ1v) is 10.1. The minimum Gasteiger partial charge on any atom is -0.460 e. The van der Waals surface area contributed by atoms with Crippen LogP contribution in [-0.2, 0) is 27.1 Å². The Kier molecular flexibility index (Phi) is 6.57. The second-order valence-electron chi connectivity index (χ2n) is 8.54. The van der Waals surface area contributed by atoms with Crippen molar-refractivity contribution in [1.82, 2.24) is 5.32 Å². The van der Waals surface area contributed by atoms with Gasteiger partial charge in [-0.15, -0.1) is 0 Å². The molecule has 3 rings (SSSR count). The lowest BCUT2D eigenvalue weighted by Gasteiger charge is -2.26. The summed E-state index contributed by atoms with van der Waals surface area (Å²) in [7, 11) is 0. The summed E-state index contributed by atoms with van der Waals surface area (Å²) in [6, 6.07) is 19.4. The third kappa shape index (κ3) is 6.34. The highest BCUT2D eigenvalue weighted by molar-refractivity contribution is 5.75. The fourth-order valence-electron chi connectivity index (χ4n) is 3.58. The van der Waals surface area contributed by atoms with Gasteiger partial charge in [0.25, 0.3) is 0 Å². The number of amides is 1. The van der Waals surface area contributed by atoms with E-state index in [9.17, 15) is 9.59 Å². The van der Waals surface area contributed by atoms with E-state index >= 15 is 0 Å². The smallest absolute Gasteiger partial charge is 0.408 e. The zero-order valence-corrected chi connectivity index (χ0v) is 17.3. The Balaban J connectivity index is 1.71. The highest BCUT2D eigenvalue weighted by Gasteiger charge is 2.39. The van der Waals surface area contributed by atoms with Crippen LogP contribution in [0.1, 0.15) is 38.3 Å². The molecule has 2 aromatic rings. The molecule has 2 aromatic carbocycles. The molecule has 1 saturated heterocycles. The van der Waals surface area contributed by atoms with E-state index in [0.717, 1.165) is 11.1 Å². The van der Waals surface area contributed by atoms with Crippen molar-refractivity contribution >= 4 is 12.1 Å². The number of nitrogens with one attached hydrogen (secondary N) is 1. The normalized spacial score (nSPS) is 20.0. The molecule has 0 radical (unpaired) electrons. The first kappa shape index (κ1) is 20.9. The van der Waals surface area contributed by atoms with E-state index in [-0.39, 0.29) is 24.0 Å². The summed E-state index contributed by atoms with van der Waals surface area (Å²) in [6.45, 7) is 5.47. The number of alkyl carbamates (subject to hydrolysis) is 1.